The summed E-state index contributed by atoms with van der Waals surface area (Å²) in [5.41, 5.74) is -0.522. The van der Waals surface area contributed by atoms with Gasteiger partial charge in [-0.15, -0.1) is 0 Å². The van der Waals surface area contributed by atoms with Crippen LogP contribution in [0.5, 0.6) is 5.88 Å². The lowest BCUT2D eigenvalue weighted by Gasteiger charge is -2.06. The molecule has 2 aromatic heterocycles. The highest BCUT2D eigenvalue weighted by Gasteiger charge is 2.35. The summed E-state index contributed by atoms with van der Waals surface area (Å²) in [5, 5.41) is 3.51. The van der Waals surface area contributed by atoms with Gasteiger partial charge >= 0.3 is 6.18 Å². The molecule has 0 atom stereocenters. The first-order valence-electron chi connectivity index (χ1n) is 5.23. The van der Waals surface area contributed by atoms with Gasteiger partial charge in [0.25, 0.3) is 0 Å². The van der Waals surface area contributed by atoms with Crippen LogP contribution in [0.25, 0.3) is 5.69 Å². The zero-order valence-corrected chi connectivity index (χ0v) is 9.48. The van der Waals surface area contributed by atoms with Crippen molar-refractivity contribution >= 4 is 0 Å². The van der Waals surface area contributed by atoms with Gasteiger partial charge in [0.05, 0.1) is 12.3 Å². The summed E-state index contributed by atoms with van der Waals surface area (Å²) in [6.07, 6.45) is -1.55. The predicted molar refractivity (Wildman–Crippen MR) is 57.5 cm³/mol. The highest BCUT2D eigenvalue weighted by molar-refractivity contribution is 5.34. The lowest BCUT2D eigenvalue weighted by molar-refractivity contribution is -0.141. The maximum absolute atomic E-state index is 12.6. The Bertz CT molecular complexity index is 522. The SMILES string of the molecule is CCOc1cc(C(F)(F)F)nn1-c1ccncc1. The number of pyridine rings is 1. The molecular formula is C11H10F3N3O. The molecule has 0 aromatic carbocycles. The van der Waals surface area contributed by atoms with E-state index in [9.17, 15) is 13.2 Å². The van der Waals surface area contributed by atoms with Crippen LogP contribution in [0.4, 0.5) is 13.2 Å². The second-order valence-corrected chi connectivity index (χ2v) is 3.42. The lowest BCUT2D eigenvalue weighted by Crippen LogP contribution is -2.07. The van der Waals surface area contributed by atoms with Crippen molar-refractivity contribution < 1.29 is 17.9 Å². The number of halogens is 3. The topological polar surface area (TPSA) is 39.9 Å². The Labute approximate surface area is 101 Å². The molecule has 0 spiro atoms. The molecule has 0 aliphatic carbocycles. The van der Waals surface area contributed by atoms with Crippen molar-refractivity contribution in [3.63, 3.8) is 0 Å². The van der Waals surface area contributed by atoms with Crippen molar-refractivity contribution in [3.05, 3.63) is 36.3 Å². The van der Waals surface area contributed by atoms with E-state index < -0.39 is 11.9 Å². The summed E-state index contributed by atoms with van der Waals surface area (Å²) in [5.74, 6) is 0.0519. The molecule has 0 saturated carbocycles. The van der Waals surface area contributed by atoms with E-state index in [1.54, 1.807) is 19.1 Å². The molecule has 0 N–H and O–H groups in total. The van der Waals surface area contributed by atoms with Gasteiger partial charge in [0.1, 0.15) is 0 Å². The zero-order chi connectivity index (χ0) is 13.2. The molecule has 0 unspecified atom stereocenters. The van der Waals surface area contributed by atoms with Crippen LogP contribution in [0.3, 0.4) is 0 Å². The Morgan fingerprint density at radius 2 is 1.94 bits per heavy atom. The van der Waals surface area contributed by atoms with Crippen LogP contribution in [0.15, 0.2) is 30.6 Å². The van der Waals surface area contributed by atoms with E-state index in [0.29, 0.717) is 5.69 Å². The van der Waals surface area contributed by atoms with Crippen LogP contribution in [-0.2, 0) is 6.18 Å². The second kappa shape index (κ2) is 4.67. The molecule has 96 valence electrons. The average molecular weight is 257 g/mol. The van der Waals surface area contributed by atoms with Gasteiger partial charge < -0.3 is 4.74 Å². The molecule has 0 aliphatic heterocycles. The number of hydrogen-bond acceptors (Lipinski definition) is 3. The fraction of sp³-hybridized carbons (Fsp3) is 0.273. The fourth-order valence-corrected chi connectivity index (χ4v) is 1.42. The molecular weight excluding hydrogens is 247 g/mol. The molecule has 0 aliphatic rings. The van der Waals surface area contributed by atoms with Crippen LogP contribution in [0.2, 0.25) is 0 Å². The minimum absolute atomic E-state index is 0.0519. The van der Waals surface area contributed by atoms with E-state index >= 15 is 0 Å². The Morgan fingerprint density at radius 3 is 2.50 bits per heavy atom. The molecule has 7 heteroatoms. The van der Waals surface area contributed by atoms with E-state index in [2.05, 4.69) is 10.1 Å². The quantitative estimate of drug-likeness (QED) is 0.848. The van der Waals surface area contributed by atoms with E-state index in [1.165, 1.54) is 12.4 Å². The van der Waals surface area contributed by atoms with Crippen LogP contribution in [0, 0.1) is 0 Å². The molecule has 2 heterocycles. The van der Waals surface area contributed by atoms with E-state index in [1.807, 2.05) is 0 Å². The summed E-state index contributed by atoms with van der Waals surface area (Å²) in [6.45, 7) is 1.95. The summed E-state index contributed by atoms with van der Waals surface area (Å²) >= 11 is 0. The highest BCUT2D eigenvalue weighted by Crippen LogP contribution is 2.31. The molecule has 18 heavy (non-hydrogen) atoms. The normalized spacial score (nSPS) is 11.6. The Morgan fingerprint density at radius 1 is 1.28 bits per heavy atom. The highest BCUT2D eigenvalue weighted by atomic mass is 19.4. The van der Waals surface area contributed by atoms with Crippen molar-refractivity contribution in [2.45, 2.75) is 13.1 Å². The van der Waals surface area contributed by atoms with Crippen LogP contribution in [0.1, 0.15) is 12.6 Å². The molecule has 0 amide bonds. The van der Waals surface area contributed by atoms with Crippen molar-refractivity contribution in [1.82, 2.24) is 14.8 Å². The first-order chi connectivity index (χ1) is 8.52. The third-order valence-electron chi connectivity index (χ3n) is 2.17. The van der Waals surface area contributed by atoms with Gasteiger partial charge in [-0.05, 0) is 19.1 Å². The van der Waals surface area contributed by atoms with Gasteiger partial charge in [-0.1, -0.05) is 0 Å². The van der Waals surface area contributed by atoms with Crippen LogP contribution < -0.4 is 4.74 Å². The number of hydrogen-bond donors (Lipinski definition) is 0. The van der Waals surface area contributed by atoms with Gasteiger partial charge in [-0.2, -0.15) is 18.3 Å². The number of rotatable bonds is 3. The number of aromatic nitrogens is 3. The molecule has 0 radical (unpaired) electrons. The average Bonchev–Trinajstić information content (AvgIpc) is 2.75. The van der Waals surface area contributed by atoms with E-state index in [0.717, 1.165) is 10.7 Å². The maximum atomic E-state index is 12.6. The summed E-state index contributed by atoms with van der Waals surface area (Å²) in [4.78, 5) is 3.80. The molecule has 0 bridgehead atoms. The zero-order valence-electron chi connectivity index (χ0n) is 9.48. The minimum Gasteiger partial charge on any atom is -0.478 e. The maximum Gasteiger partial charge on any atom is 0.435 e. The monoisotopic (exact) mass is 257 g/mol. The lowest BCUT2D eigenvalue weighted by atomic mass is 10.4. The molecule has 2 rings (SSSR count). The first-order valence-corrected chi connectivity index (χ1v) is 5.23. The largest absolute Gasteiger partial charge is 0.478 e. The predicted octanol–water partition coefficient (Wildman–Crippen LogP) is 2.68. The van der Waals surface area contributed by atoms with Crippen molar-refractivity contribution in [2.24, 2.45) is 0 Å². The van der Waals surface area contributed by atoms with Crippen molar-refractivity contribution in [3.8, 4) is 11.6 Å². The van der Waals surface area contributed by atoms with Gasteiger partial charge in [0, 0.05) is 18.5 Å². The smallest absolute Gasteiger partial charge is 0.435 e. The standard InChI is InChI=1S/C11H10F3N3O/c1-2-18-10-7-9(11(12,13)14)16-17(10)8-3-5-15-6-4-8/h3-7H,2H2,1H3. The van der Waals surface area contributed by atoms with Gasteiger partial charge in [0.2, 0.25) is 5.88 Å². The number of alkyl halides is 3. The summed E-state index contributed by atoms with van der Waals surface area (Å²) in [7, 11) is 0. The molecule has 4 nitrogen and oxygen atoms in total. The Balaban J connectivity index is 2.49. The van der Waals surface area contributed by atoms with Crippen LogP contribution in [-0.4, -0.2) is 21.4 Å². The van der Waals surface area contributed by atoms with Gasteiger partial charge in [-0.3, -0.25) is 4.98 Å². The van der Waals surface area contributed by atoms with Crippen molar-refractivity contribution in [2.75, 3.05) is 6.61 Å². The third kappa shape index (κ3) is 2.44. The number of nitrogens with zero attached hydrogens (tertiary/aromatic N) is 3. The first kappa shape index (κ1) is 12.4. The van der Waals surface area contributed by atoms with E-state index in [-0.39, 0.29) is 12.5 Å². The Kier molecular flexibility index (Phi) is 3.22. The minimum atomic E-state index is -4.50. The van der Waals surface area contributed by atoms with Crippen LogP contribution >= 0.6 is 0 Å². The summed E-state index contributed by atoms with van der Waals surface area (Å²) < 4.78 is 44.0. The van der Waals surface area contributed by atoms with Gasteiger partial charge in [0.15, 0.2) is 5.69 Å². The second-order valence-electron chi connectivity index (χ2n) is 3.42. The molecule has 0 fully saturated rings. The summed E-state index contributed by atoms with van der Waals surface area (Å²) in [6, 6.07) is 3.98. The third-order valence-corrected chi connectivity index (χ3v) is 2.17. The Hall–Kier alpha value is -2.05. The number of ether oxygens (including phenoxy) is 1. The molecule has 0 saturated heterocycles. The van der Waals surface area contributed by atoms with Crippen molar-refractivity contribution in [1.29, 1.82) is 0 Å². The van der Waals surface area contributed by atoms with E-state index in [4.69, 9.17) is 4.74 Å². The fourth-order valence-electron chi connectivity index (χ4n) is 1.42. The molecule has 2 aromatic rings. The van der Waals surface area contributed by atoms with Gasteiger partial charge in [-0.25, -0.2) is 4.68 Å².